The monoisotopic (exact) mass is 796 g/mol. The Kier molecular flexibility index (Phi) is 12.1. The average molecular weight is 799 g/mol. The summed E-state index contributed by atoms with van der Waals surface area (Å²) < 4.78 is 3.58. The topological polar surface area (TPSA) is 0 Å². The van der Waals surface area contributed by atoms with Gasteiger partial charge in [0.2, 0.25) is 0 Å². The second kappa shape index (κ2) is 14.8. The van der Waals surface area contributed by atoms with E-state index in [4.69, 9.17) is 0 Å². The van der Waals surface area contributed by atoms with Crippen molar-refractivity contribution in [1.82, 2.24) is 0 Å². The number of fused-ring (bicyclic) bond motifs is 3. The summed E-state index contributed by atoms with van der Waals surface area (Å²) in [5, 5.41) is 3.15. The first-order valence-electron chi connectivity index (χ1n) is 18.0. The van der Waals surface area contributed by atoms with Crippen LogP contribution in [0, 0.1) is 0 Å². The van der Waals surface area contributed by atoms with Gasteiger partial charge in [-0.05, 0) is 0 Å². The molecule has 0 nitrogen and oxygen atoms in total. The number of hydrogen-bond acceptors (Lipinski definition) is 0. The standard InChI is InChI=1S/C29H41.C12H10Si.C5H5.2ClH.Zr/c1-26(2,3)22-14-18-13-19-15-23(27(4,5)6)25(29(10,11)12)17-21(19)20(18)16-24(22)28(7,8)9;1-3-7-11(8-4-1)13-12-9-5-2-6-10-12;1-2-4-5-3-1;;;/h14,16-17H,13H2,1-12H3;1-10H;1-3H,4H2;2*1H;/q;;;;;+2/p-2. The van der Waals surface area contributed by atoms with Crippen molar-refractivity contribution < 1.29 is 45.2 Å². The number of benzene rings is 4. The number of rotatable bonds is 4. The Morgan fingerprint density at radius 3 is 1.48 bits per heavy atom. The molecule has 0 unspecified atom stereocenters. The molecule has 0 heterocycles. The summed E-state index contributed by atoms with van der Waals surface area (Å²) in [6, 6.07) is 31.2. The van der Waals surface area contributed by atoms with Gasteiger partial charge in [0, 0.05) is 0 Å². The molecule has 0 amide bonds. The maximum atomic E-state index is 2.66. The van der Waals surface area contributed by atoms with Crippen molar-refractivity contribution in [2.45, 2.75) is 118 Å². The molecule has 0 atom stereocenters. The summed E-state index contributed by atoms with van der Waals surface area (Å²) >= 11 is -2.70. The predicted octanol–water partition coefficient (Wildman–Crippen LogP) is 4.35. The summed E-state index contributed by atoms with van der Waals surface area (Å²) in [5.74, 6) is 0. The van der Waals surface area contributed by atoms with Gasteiger partial charge in [-0.25, -0.2) is 0 Å². The third-order valence-corrected chi connectivity index (χ3v) is 28.9. The second-order valence-electron chi connectivity index (χ2n) is 18.2. The summed E-state index contributed by atoms with van der Waals surface area (Å²) in [5.41, 5.74) is 11.5. The van der Waals surface area contributed by atoms with Crippen LogP contribution in [-0.4, -0.2) is 5.43 Å². The van der Waals surface area contributed by atoms with E-state index in [1.807, 2.05) is 3.27 Å². The van der Waals surface area contributed by atoms with Crippen LogP contribution in [0.5, 0.6) is 0 Å². The molecule has 4 aromatic rings. The van der Waals surface area contributed by atoms with E-state index in [9.17, 15) is 0 Å². The van der Waals surface area contributed by atoms with E-state index in [0.717, 1.165) is 12.8 Å². The summed E-state index contributed by atoms with van der Waals surface area (Å²) in [4.78, 5) is 0. The van der Waals surface area contributed by atoms with Crippen LogP contribution in [0.4, 0.5) is 0 Å². The van der Waals surface area contributed by atoms with E-state index >= 15 is 0 Å². The van der Waals surface area contributed by atoms with Crippen molar-refractivity contribution in [2.24, 2.45) is 0 Å². The van der Waals surface area contributed by atoms with Gasteiger partial charge in [-0.3, -0.25) is 0 Å². The fraction of sp³-hybridized carbons (Fsp3) is 0.391. The third-order valence-electron chi connectivity index (χ3n) is 10.2. The van der Waals surface area contributed by atoms with E-state index in [2.05, 4.69) is 180 Å². The molecule has 2 aliphatic rings. The Balaban J connectivity index is 0.00000281. The van der Waals surface area contributed by atoms with Gasteiger partial charge in [-0.15, -0.1) is 0 Å². The Bertz CT molecular complexity index is 1930. The van der Waals surface area contributed by atoms with Crippen molar-refractivity contribution in [1.29, 1.82) is 0 Å². The Hall–Kier alpha value is -1.96. The van der Waals surface area contributed by atoms with E-state index < -0.39 is 25.8 Å². The molecule has 0 spiro atoms. The molecule has 0 bridgehead atoms. The molecule has 50 heavy (non-hydrogen) atoms. The van der Waals surface area contributed by atoms with Crippen molar-refractivity contribution in [3.63, 3.8) is 0 Å². The predicted molar refractivity (Wildman–Crippen MR) is 209 cm³/mol. The Labute approximate surface area is 324 Å². The molecule has 6 rings (SSSR count). The quantitative estimate of drug-likeness (QED) is 0.238. The van der Waals surface area contributed by atoms with Crippen LogP contribution in [0.1, 0.15) is 123 Å². The molecule has 0 N–H and O–H groups in total. The minimum atomic E-state index is -2.70. The van der Waals surface area contributed by atoms with E-state index in [1.54, 1.807) is 30.3 Å². The molecule has 0 fully saturated rings. The van der Waals surface area contributed by atoms with Crippen LogP contribution in [0.3, 0.4) is 0 Å². The Morgan fingerprint density at radius 1 is 0.560 bits per heavy atom. The molecule has 2 aliphatic carbocycles. The Morgan fingerprint density at radius 2 is 1.04 bits per heavy atom. The first kappa shape index (κ1) is 40.8. The van der Waals surface area contributed by atoms with Gasteiger partial charge in [-0.2, -0.15) is 0 Å². The van der Waals surface area contributed by atoms with Crippen molar-refractivity contribution in [3.05, 3.63) is 134 Å². The number of halogens is 2. The van der Waals surface area contributed by atoms with Gasteiger partial charge in [0.1, 0.15) is 0 Å². The van der Waals surface area contributed by atoms with Crippen LogP contribution in [0.25, 0.3) is 11.1 Å². The van der Waals surface area contributed by atoms with E-state index in [-0.39, 0.29) is 46.5 Å². The van der Waals surface area contributed by atoms with Gasteiger partial charge in [0.15, 0.2) is 0 Å². The molecular weight excluding hydrogens is 743 g/mol. The normalized spacial score (nSPS) is 13.8. The first-order valence-corrected chi connectivity index (χ1v) is 25.6. The minimum absolute atomic E-state index is 0. The molecule has 0 aliphatic heterocycles. The average Bonchev–Trinajstić information content (AvgIpc) is 3.65. The van der Waals surface area contributed by atoms with Crippen LogP contribution >= 0.6 is 0 Å². The van der Waals surface area contributed by atoms with Crippen LogP contribution in [0.2, 0.25) is 0 Å². The zero-order chi connectivity index (χ0) is 34.8. The van der Waals surface area contributed by atoms with Gasteiger partial charge in [0.25, 0.3) is 0 Å². The first-order chi connectivity index (χ1) is 22.4. The second-order valence-corrected chi connectivity index (χ2v) is 31.4. The molecule has 0 aromatic heterocycles. The van der Waals surface area contributed by atoms with Crippen molar-refractivity contribution in [3.8, 4) is 11.1 Å². The SMILES string of the molecule is CC(C)(C)c1cc2c(cc1C(C)(C)C)-c1cc(C(C)(C)C)c(C(C)(C)C)[c]([Zr+2]([C]3=CC=CC3)=[Si](c3ccccc3)c3ccccc3)c1C2.[Cl-].[Cl-]. The van der Waals surface area contributed by atoms with Crippen LogP contribution < -0.4 is 38.5 Å². The molecule has 0 saturated carbocycles. The third kappa shape index (κ3) is 7.86. The minimum Gasteiger partial charge on any atom is -1.00 e. The zero-order valence-corrected chi connectivity index (χ0v) is 37.4. The van der Waals surface area contributed by atoms with Crippen molar-refractivity contribution in [2.75, 3.05) is 0 Å². The molecule has 262 valence electrons. The number of hydrogen-bond donors (Lipinski definition) is 0. The van der Waals surface area contributed by atoms with Gasteiger partial charge >= 0.3 is 302 Å². The number of allylic oxidation sites excluding steroid dienone is 4. The van der Waals surface area contributed by atoms with Crippen molar-refractivity contribution >= 4 is 19.1 Å². The maximum absolute atomic E-state index is 2.70. The smallest absolute Gasteiger partial charge is 1.00 e. The molecule has 4 heteroatoms. The largest absolute Gasteiger partial charge is 1.00 e. The van der Waals surface area contributed by atoms with E-state index in [0.29, 0.717) is 0 Å². The zero-order valence-electron chi connectivity index (χ0n) is 32.4. The van der Waals surface area contributed by atoms with Gasteiger partial charge in [0.05, 0.1) is 0 Å². The summed E-state index contributed by atoms with van der Waals surface area (Å²) in [6.07, 6.45) is 9.48. The molecule has 0 radical (unpaired) electrons. The fourth-order valence-corrected chi connectivity index (χ4v) is 29.6. The molecule has 4 aromatic carbocycles. The maximum Gasteiger partial charge on any atom is -1.00 e. The molecule has 0 saturated heterocycles. The molecular formula is C46H56Cl2SiZr. The fourth-order valence-electron chi connectivity index (χ4n) is 8.01. The van der Waals surface area contributed by atoms with Gasteiger partial charge < -0.3 is 24.8 Å². The van der Waals surface area contributed by atoms with E-state index in [1.165, 1.54) is 27.8 Å². The van der Waals surface area contributed by atoms with Crippen LogP contribution in [-0.2, 0) is 48.4 Å². The summed E-state index contributed by atoms with van der Waals surface area (Å²) in [7, 11) is 0. The van der Waals surface area contributed by atoms with Crippen LogP contribution in [0.15, 0.2) is 100 Å². The summed E-state index contributed by atoms with van der Waals surface area (Å²) in [6.45, 7) is 29.2. The van der Waals surface area contributed by atoms with Gasteiger partial charge in [-0.1, -0.05) is 0 Å².